The molecule has 4 rings (SSSR count). The largest absolute Gasteiger partial charge is 0.324 e. The summed E-state index contributed by atoms with van der Waals surface area (Å²) >= 11 is 3.38. The van der Waals surface area contributed by atoms with Crippen LogP contribution in [0.15, 0.2) is 64.0 Å². The number of halogens is 1. The highest BCUT2D eigenvalue weighted by Crippen LogP contribution is 2.41. The molecule has 0 radical (unpaired) electrons. The first kappa shape index (κ1) is 17.1. The molecule has 0 spiro atoms. The first-order valence-corrected chi connectivity index (χ1v) is 10.2. The molecule has 0 atom stereocenters. The van der Waals surface area contributed by atoms with Crippen molar-refractivity contribution in [3.05, 3.63) is 64.6 Å². The number of benzene rings is 3. The molecule has 26 heavy (non-hydrogen) atoms. The average molecular weight is 431 g/mol. The summed E-state index contributed by atoms with van der Waals surface area (Å²) in [6.07, 6.45) is 0. The van der Waals surface area contributed by atoms with Crippen LogP contribution in [0.2, 0.25) is 0 Å². The number of hydrogen-bond acceptors (Lipinski definition) is 3. The van der Waals surface area contributed by atoms with E-state index >= 15 is 0 Å². The molecule has 1 aliphatic heterocycles. The maximum atomic E-state index is 12.9. The highest BCUT2D eigenvalue weighted by atomic mass is 79.9. The van der Waals surface area contributed by atoms with Gasteiger partial charge < -0.3 is 5.32 Å². The molecule has 0 unspecified atom stereocenters. The molecule has 0 saturated heterocycles. The Morgan fingerprint density at radius 2 is 1.85 bits per heavy atom. The third kappa shape index (κ3) is 2.68. The van der Waals surface area contributed by atoms with Crippen molar-refractivity contribution < 1.29 is 13.2 Å². The number of nitrogens with one attached hydrogen (secondary N) is 1. The van der Waals surface area contributed by atoms with Crippen LogP contribution in [0.25, 0.3) is 10.8 Å². The van der Waals surface area contributed by atoms with Crippen LogP contribution in [-0.4, -0.2) is 20.9 Å². The van der Waals surface area contributed by atoms with Gasteiger partial charge in [-0.05, 0) is 48.2 Å². The summed E-state index contributed by atoms with van der Waals surface area (Å²) < 4.78 is 27.9. The lowest BCUT2D eigenvalue weighted by atomic mass is 10.1. The molecule has 0 bridgehead atoms. The minimum Gasteiger partial charge on any atom is -0.324 e. The Morgan fingerprint density at radius 3 is 2.58 bits per heavy atom. The van der Waals surface area contributed by atoms with Crippen LogP contribution in [-0.2, 0) is 14.8 Å². The van der Waals surface area contributed by atoms with Crippen LogP contribution in [0.4, 0.5) is 11.4 Å². The minimum absolute atomic E-state index is 0.248. The molecular weight excluding hydrogens is 416 g/mol. The molecule has 0 aliphatic carbocycles. The summed E-state index contributed by atoms with van der Waals surface area (Å²) in [7, 11) is -3.74. The van der Waals surface area contributed by atoms with Crippen molar-refractivity contribution in [1.82, 2.24) is 0 Å². The van der Waals surface area contributed by atoms with Gasteiger partial charge >= 0.3 is 0 Å². The highest BCUT2D eigenvalue weighted by molar-refractivity contribution is 9.10. The van der Waals surface area contributed by atoms with E-state index in [0.29, 0.717) is 16.8 Å². The zero-order valence-electron chi connectivity index (χ0n) is 13.9. The third-order valence-electron chi connectivity index (χ3n) is 4.43. The van der Waals surface area contributed by atoms with E-state index in [4.69, 9.17) is 0 Å². The number of amides is 1. The summed E-state index contributed by atoms with van der Waals surface area (Å²) in [4.78, 5) is 12.8. The molecule has 132 valence electrons. The Morgan fingerprint density at radius 1 is 1.12 bits per heavy atom. The van der Waals surface area contributed by atoms with E-state index in [2.05, 4.69) is 21.2 Å². The summed E-state index contributed by atoms with van der Waals surface area (Å²) in [6.45, 7) is 1.61. The number of aryl methyl sites for hydroxylation is 1. The van der Waals surface area contributed by atoms with Crippen molar-refractivity contribution in [2.45, 2.75) is 11.8 Å². The first-order chi connectivity index (χ1) is 12.4. The fraction of sp³-hybridized carbons (Fsp3) is 0.105. The quantitative estimate of drug-likeness (QED) is 0.680. The Balaban J connectivity index is 1.67. The van der Waals surface area contributed by atoms with Gasteiger partial charge in [-0.15, -0.1) is 0 Å². The molecule has 1 aliphatic rings. The topological polar surface area (TPSA) is 66.5 Å². The molecule has 0 aromatic heterocycles. The van der Waals surface area contributed by atoms with Crippen LogP contribution in [0.5, 0.6) is 0 Å². The average Bonchev–Trinajstić information content (AvgIpc) is 2.81. The highest BCUT2D eigenvalue weighted by Gasteiger charge is 2.36. The Kier molecular flexibility index (Phi) is 4.00. The second kappa shape index (κ2) is 6.10. The monoisotopic (exact) mass is 430 g/mol. The van der Waals surface area contributed by atoms with Gasteiger partial charge in [-0.1, -0.05) is 40.2 Å². The number of hydrogen-bond donors (Lipinski definition) is 1. The Bertz CT molecular complexity index is 1150. The van der Waals surface area contributed by atoms with Gasteiger partial charge in [0.1, 0.15) is 6.54 Å². The number of carbonyl (C=O) groups excluding carboxylic acids is 1. The van der Waals surface area contributed by atoms with Crippen molar-refractivity contribution >= 4 is 54.0 Å². The maximum Gasteiger partial charge on any atom is 0.265 e. The maximum absolute atomic E-state index is 12.9. The van der Waals surface area contributed by atoms with Crippen molar-refractivity contribution in [2.75, 3.05) is 16.2 Å². The van der Waals surface area contributed by atoms with E-state index in [-0.39, 0.29) is 17.3 Å². The van der Waals surface area contributed by atoms with Gasteiger partial charge in [-0.25, -0.2) is 8.42 Å². The third-order valence-corrected chi connectivity index (χ3v) is 6.73. The summed E-state index contributed by atoms with van der Waals surface area (Å²) in [6, 6.07) is 16.1. The molecule has 0 fully saturated rings. The molecule has 3 aromatic carbocycles. The van der Waals surface area contributed by atoms with Gasteiger partial charge in [0.2, 0.25) is 5.91 Å². The molecule has 1 heterocycles. The lowest BCUT2D eigenvalue weighted by Gasteiger charge is -2.18. The van der Waals surface area contributed by atoms with E-state index < -0.39 is 10.0 Å². The predicted octanol–water partition coefficient (Wildman–Crippen LogP) is 4.06. The number of rotatable bonds is 3. The standard InChI is InChI=1S/C19H15BrN2O3S/c1-12-10-14(20)8-9-15(12)21-18(23)11-22-16-6-2-4-13-5-3-7-17(19(13)16)26(22,24)25/h2-10H,11H2,1H3,(H,21,23). The van der Waals surface area contributed by atoms with E-state index in [1.165, 1.54) is 4.31 Å². The number of nitrogens with zero attached hydrogens (tertiary/aromatic N) is 1. The zero-order valence-corrected chi connectivity index (χ0v) is 16.3. The van der Waals surface area contributed by atoms with Gasteiger partial charge in [-0.3, -0.25) is 9.10 Å². The first-order valence-electron chi connectivity index (χ1n) is 7.98. The molecular formula is C19H15BrN2O3S. The van der Waals surface area contributed by atoms with Gasteiger partial charge in [0.05, 0.1) is 10.6 Å². The fourth-order valence-electron chi connectivity index (χ4n) is 3.22. The molecule has 0 saturated carbocycles. The van der Waals surface area contributed by atoms with Crippen molar-refractivity contribution in [3.63, 3.8) is 0 Å². The lowest BCUT2D eigenvalue weighted by molar-refractivity contribution is -0.114. The summed E-state index contributed by atoms with van der Waals surface area (Å²) in [5, 5.41) is 4.31. The van der Waals surface area contributed by atoms with E-state index in [0.717, 1.165) is 15.4 Å². The van der Waals surface area contributed by atoms with Crippen molar-refractivity contribution in [2.24, 2.45) is 0 Å². The van der Waals surface area contributed by atoms with Crippen LogP contribution >= 0.6 is 15.9 Å². The Hall–Kier alpha value is -2.38. The van der Waals surface area contributed by atoms with Gasteiger partial charge in [0.25, 0.3) is 10.0 Å². The van der Waals surface area contributed by atoms with Crippen LogP contribution in [0.1, 0.15) is 5.56 Å². The molecule has 7 heteroatoms. The predicted molar refractivity (Wildman–Crippen MR) is 106 cm³/mol. The second-order valence-electron chi connectivity index (χ2n) is 6.15. The summed E-state index contributed by atoms with van der Waals surface area (Å²) in [5.74, 6) is -0.385. The molecule has 5 nitrogen and oxygen atoms in total. The van der Waals surface area contributed by atoms with Crippen LogP contribution < -0.4 is 9.62 Å². The minimum atomic E-state index is -3.74. The van der Waals surface area contributed by atoms with E-state index in [9.17, 15) is 13.2 Å². The van der Waals surface area contributed by atoms with Crippen molar-refractivity contribution in [1.29, 1.82) is 0 Å². The van der Waals surface area contributed by atoms with Crippen molar-refractivity contribution in [3.8, 4) is 0 Å². The van der Waals surface area contributed by atoms with Gasteiger partial charge in [0.15, 0.2) is 0 Å². The van der Waals surface area contributed by atoms with Crippen LogP contribution in [0, 0.1) is 6.92 Å². The number of carbonyl (C=O) groups is 1. The molecule has 1 N–H and O–H groups in total. The lowest BCUT2D eigenvalue weighted by Crippen LogP contribution is -2.35. The Labute approximate surface area is 159 Å². The summed E-state index contributed by atoms with van der Waals surface area (Å²) in [5.41, 5.74) is 2.09. The smallest absolute Gasteiger partial charge is 0.265 e. The molecule has 3 aromatic rings. The normalized spacial score (nSPS) is 14.6. The van der Waals surface area contributed by atoms with Gasteiger partial charge in [0, 0.05) is 15.5 Å². The zero-order chi connectivity index (χ0) is 18.5. The fourth-order valence-corrected chi connectivity index (χ4v) is 5.36. The van der Waals surface area contributed by atoms with E-state index in [1.807, 2.05) is 31.2 Å². The number of anilines is 2. The molecule has 1 amide bonds. The van der Waals surface area contributed by atoms with Gasteiger partial charge in [-0.2, -0.15) is 0 Å². The van der Waals surface area contributed by atoms with Crippen LogP contribution in [0.3, 0.4) is 0 Å². The number of sulfonamides is 1. The SMILES string of the molecule is Cc1cc(Br)ccc1NC(=O)CN1c2cccc3cccc(c23)S1(=O)=O. The van der Waals surface area contributed by atoms with E-state index in [1.54, 1.807) is 30.3 Å². The second-order valence-corrected chi connectivity index (χ2v) is 8.90.